The van der Waals surface area contributed by atoms with E-state index < -0.39 is 0 Å². The van der Waals surface area contributed by atoms with E-state index in [0.29, 0.717) is 38.4 Å². The van der Waals surface area contributed by atoms with Crippen LogP contribution < -0.4 is 5.73 Å². The molecule has 3 aliphatic rings. The molecule has 0 spiro atoms. The Bertz CT molecular complexity index is 529. The topological polar surface area (TPSA) is 87.0 Å². The number of likely N-dealkylation sites (tertiary alicyclic amines) is 3. The normalized spacial score (nSPS) is 23.9. The van der Waals surface area contributed by atoms with Crippen LogP contribution in [0.5, 0.6) is 0 Å². The SMILES string of the molecule is NC(=O)C1CCN(C(=O)CN2CCC(C(=O)N3CCCCCC3)CC2)CC1. The fraction of sp³-hybridized carbons (Fsp3) is 0.850. The molecule has 0 aromatic rings. The minimum Gasteiger partial charge on any atom is -0.369 e. The van der Waals surface area contributed by atoms with Gasteiger partial charge < -0.3 is 15.5 Å². The van der Waals surface area contributed by atoms with Crippen LogP contribution in [-0.2, 0) is 14.4 Å². The summed E-state index contributed by atoms with van der Waals surface area (Å²) in [7, 11) is 0. The predicted molar refractivity (Wildman–Crippen MR) is 103 cm³/mol. The van der Waals surface area contributed by atoms with Gasteiger partial charge in [-0.05, 0) is 51.6 Å². The van der Waals surface area contributed by atoms with Crippen LogP contribution in [0.3, 0.4) is 0 Å². The molecule has 3 fully saturated rings. The number of hydrogen-bond acceptors (Lipinski definition) is 4. The Balaban J connectivity index is 1.39. The molecule has 3 amide bonds. The van der Waals surface area contributed by atoms with Gasteiger partial charge in [-0.2, -0.15) is 0 Å². The highest BCUT2D eigenvalue weighted by Gasteiger charge is 2.31. The first kappa shape index (κ1) is 20.1. The monoisotopic (exact) mass is 378 g/mol. The third-order valence-corrected chi connectivity index (χ3v) is 6.46. The van der Waals surface area contributed by atoms with Crippen molar-refractivity contribution in [1.29, 1.82) is 0 Å². The average Bonchev–Trinajstić information content (AvgIpc) is 2.97. The van der Waals surface area contributed by atoms with Gasteiger partial charge in [-0.1, -0.05) is 12.8 Å². The van der Waals surface area contributed by atoms with Gasteiger partial charge >= 0.3 is 0 Å². The number of carbonyl (C=O) groups is 3. The first-order chi connectivity index (χ1) is 13.0. The molecule has 152 valence electrons. The van der Waals surface area contributed by atoms with Gasteiger partial charge in [-0.3, -0.25) is 19.3 Å². The second-order valence-corrected chi connectivity index (χ2v) is 8.35. The van der Waals surface area contributed by atoms with Crippen molar-refractivity contribution < 1.29 is 14.4 Å². The minimum atomic E-state index is -0.252. The number of amides is 3. The van der Waals surface area contributed by atoms with Gasteiger partial charge in [-0.15, -0.1) is 0 Å². The van der Waals surface area contributed by atoms with Crippen LogP contribution in [0.25, 0.3) is 0 Å². The van der Waals surface area contributed by atoms with Crippen molar-refractivity contribution in [2.75, 3.05) is 45.8 Å². The van der Waals surface area contributed by atoms with E-state index >= 15 is 0 Å². The Kier molecular flexibility index (Phi) is 7.10. The maximum absolute atomic E-state index is 12.8. The molecule has 2 N–H and O–H groups in total. The first-order valence-electron chi connectivity index (χ1n) is 10.6. The van der Waals surface area contributed by atoms with Crippen LogP contribution in [0.2, 0.25) is 0 Å². The fourth-order valence-corrected chi connectivity index (χ4v) is 4.59. The molecule has 0 aromatic heterocycles. The molecule has 3 heterocycles. The van der Waals surface area contributed by atoms with Crippen molar-refractivity contribution in [3.05, 3.63) is 0 Å². The smallest absolute Gasteiger partial charge is 0.236 e. The highest BCUT2D eigenvalue weighted by atomic mass is 16.2. The first-order valence-corrected chi connectivity index (χ1v) is 10.6. The van der Waals surface area contributed by atoms with Gasteiger partial charge in [0.1, 0.15) is 0 Å². The lowest BCUT2D eigenvalue weighted by Crippen LogP contribution is -2.48. The number of nitrogens with two attached hydrogens (primary N) is 1. The van der Waals surface area contributed by atoms with Crippen LogP contribution >= 0.6 is 0 Å². The molecule has 3 rings (SSSR count). The van der Waals surface area contributed by atoms with E-state index in [1.165, 1.54) is 12.8 Å². The molecule has 0 aromatic carbocycles. The summed E-state index contributed by atoms with van der Waals surface area (Å²) >= 11 is 0. The summed E-state index contributed by atoms with van der Waals surface area (Å²) < 4.78 is 0. The standard InChI is InChI=1S/C20H34N4O3/c21-19(26)16-7-13-23(14-8-16)18(25)15-22-11-5-17(6-12-22)20(27)24-9-3-1-2-4-10-24/h16-17H,1-15H2,(H2,21,26). The van der Waals surface area contributed by atoms with Gasteiger partial charge in [0.15, 0.2) is 0 Å². The lowest BCUT2D eigenvalue weighted by atomic mass is 9.94. The van der Waals surface area contributed by atoms with E-state index in [-0.39, 0.29) is 23.7 Å². The minimum absolute atomic E-state index is 0.0882. The van der Waals surface area contributed by atoms with E-state index in [4.69, 9.17) is 5.73 Å². The van der Waals surface area contributed by atoms with Gasteiger partial charge in [-0.25, -0.2) is 0 Å². The molecule has 0 atom stereocenters. The number of primary amides is 1. The molecule has 7 nitrogen and oxygen atoms in total. The van der Waals surface area contributed by atoms with E-state index in [9.17, 15) is 14.4 Å². The van der Waals surface area contributed by atoms with Crippen LogP contribution in [0, 0.1) is 11.8 Å². The highest BCUT2D eigenvalue weighted by molar-refractivity contribution is 5.80. The maximum atomic E-state index is 12.8. The van der Waals surface area contributed by atoms with E-state index in [0.717, 1.165) is 51.9 Å². The quantitative estimate of drug-likeness (QED) is 0.785. The number of rotatable bonds is 4. The van der Waals surface area contributed by atoms with Gasteiger partial charge in [0.2, 0.25) is 17.7 Å². The average molecular weight is 379 g/mol. The fourth-order valence-electron chi connectivity index (χ4n) is 4.59. The number of carbonyl (C=O) groups excluding carboxylic acids is 3. The summed E-state index contributed by atoms with van der Waals surface area (Å²) in [4.78, 5) is 42.6. The summed E-state index contributed by atoms with van der Waals surface area (Å²) in [6.07, 6.45) is 7.79. The van der Waals surface area contributed by atoms with Crippen LogP contribution in [0.15, 0.2) is 0 Å². The van der Waals surface area contributed by atoms with Crippen LogP contribution in [-0.4, -0.2) is 78.2 Å². The zero-order valence-corrected chi connectivity index (χ0v) is 16.4. The van der Waals surface area contributed by atoms with Crippen molar-refractivity contribution in [2.45, 2.75) is 51.4 Å². The molecule has 7 heteroatoms. The molecular weight excluding hydrogens is 344 g/mol. The summed E-state index contributed by atoms with van der Waals surface area (Å²) in [6, 6.07) is 0. The summed E-state index contributed by atoms with van der Waals surface area (Å²) in [5.74, 6) is 0.250. The number of nitrogens with zero attached hydrogens (tertiary/aromatic N) is 3. The van der Waals surface area contributed by atoms with E-state index in [1.54, 1.807) is 0 Å². The zero-order valence-electron chi connectivity index (χ0n) is 16.4. The molecule has 0 unspecified atom stereocenters. The van der Waals surface area contributed by atoms with Gasteiger partial charge in [0.25, 0.3) is 0 Å². The largest absolute Gasteiger partial charge is 0.369 e. The molecule has 0 radical (unpaired) electrons. The Morgan fingerprint density at radius 3 is 1.81 bits per heavy atom. The third-order valence-electron chi connectivity index (χ3n) is 6.46. The summed E-state index contributed by atoms with van der Waals surface area (Å²) in [5, 5.41) is 0. The molecular formula is C20H34N4O3. The van der Waals surface area contributed by atoms with Crippen molar-refractivity contribution in [3.8, 4) is 0 Å². The summed E-state index contributed by atoms with van der Waals surface area (Å²) in [6.45, 7) is 5.12. The van der Waals surface area contributed by atoms with Crippen molar-refractivity contribution >= 4 is 17.7 Å². The van der Waals surface area contributed by atoms with Gasteiger partial charge in [0.05, 0.1) is 6.54 Å². The second kappa shape index (κ2) is 9.53. The zero-order chi connectivity index (χ0) is 19.2. The predicted octanol–water partition coefficient (Wildman–Crippen LogP) is 0.825. The molecule has 27 heavy (non-hydrogen) atoms. The molecule has 0 aliphatic carbocycles. The van der Waals surface area contributed by atoms with Crippen LogP contribution in [0.4, 0.5) is 0 Å². The highest BCUT2D eigenvalue weighted by Crippen LogP contribution is 2.22. The Morgan fingerprint density at radius 1 is 0.704 bits per heavy atom. The molecule has 3 aliphatic heterocycles. The van der Waals surface area contributed by atoms with E-state index in [2.05, 4.69) is 9.80 Å². The van der Waals surface area contributed by atoms with Crippen LogP contribution in [0.1, 0.15) is 51.4 Å². The van der Waals surface area contributed by atoms with Crippen molar-refractivity contribution in [3.63, 3.8) is 0 Å². The lowest BCUT2D eigenvalue weighted by molar-refractivity contribution is -0.138. The third kappa shape index (κ3) is 5.43. The number of hydrogen-bond donors (Lipinski definition) is 1. The second-order valence-electron chi connectivity index (χ2n) is 8.35. The lowest BCUT2D eigenvalue weighted by Gasteiger charge is -2.36. The molecule has 0 bridgehead atoms. The Morgan fingerprint density at radius 2 is 1.26 bits per heavy atom. The Labute approximate surface area is 162 Å². The molecule has 0 saturated carbocycles. The van der Waals surface area contributed by atoms with Crippen molar-refractivity contribution in [2.24, 2.45) is 17.6 Å². The maximum Gasteiger partial charge on any atom is 0.236 e. The van der Waals surface area contributed by atoms with E-state index in [1.807, 2.05) is 4.90 Å². The number of piperidine rings is 2. The molecule has 3 saturated heterocycles. The van der Waals surface area contributed by atoms with Crippen molar-refractivity contribution in [1.82, 2.24) is 14.7 Å². The summed E-state index contributed by atoms with van der Waals surface area (Å²) in [5.41, 5.74) is 5.36. The Hall–Kier alpha value is -1.63. The van der Waals surface area contributed by atoms with Gasteiger partial charge in [0, 0.05) is 38.0 Å².